The molecule has 0 aromatic carbocycles. The van der Waals surface area contributed by atoms with Gasteiger partial charge in [-0.15, -0.1) is 0 Å². The van der Waals surface area contributed by atoms with Crippen LogP contribution in [-0.4, -0.2) is 22.4 Å². The maximum atomic E-state index is 10.4. The monoisotopic (exact) mass is 244 g/mol. The third-order valence-corrected chi connectivity index (χ3v) is 7.78. The van der Waals surface area contributed by atoms with Crippen LogP contribution in [0, 0.1) is 47.3 Å². The van der Waals surface area contributed by atoms with Gasteiger partial charge < -0.3 is 10.2 Å². The van der Waals surface area contributed by atoms with Gasteiger partial charge in [0.2, 0.25) is 0 Å². The van der Waals surface area contributed by atoms with Crippen molar-refractivity contribution in [3.63, 3.8) is 0 Å². The predicted molar refractivity (Wildman–Crippen MR) is 65.4 cm³/mol. The molecule has 8 fully saturated rings. The van der Waals surface area contributed by atoms with Crippen molar-refractivity contribution < 1.29 is 10.2 Å². The molecule has 8 aliphatic carbocycles. The van der Waals surface area contributed by atoms with Crippen LogP contribution in [0.25, 0.3) is 0 Å². The van der Waals surface area contributed by atoms with E-state index in [1.807, 2.05) is 0 Å². The molecule has 96 valence electrons. The van der Waals surface area contributed by atoms with Crippen LogP contribution >= 0.6 is 0 Å². The quantitative estimate of drug-likeness (QED) is 0.635. The molecule has 8 bridgehead atoms. The molecule has 0 aliphatic heterocycles. The summed E-state index contributed by atoms with van der Waals surface area (Å²) in [4.78, 5) is 0. The van der Waals surface area contributed by atoms with Gasteiger partial charge in [0.1, 0.15) is 0 Å². The van der Waals surface area contributed by atoms with E-state index in [9.17, 15) is 10.2 Å². The Bertz CT molecular complexity index is 447. The van der Waals surface area contributed by atoms with Crippen molar-refractivity contribution in [2.75, 3.05) is 0 Å². The summed E-state index contributed by atoms with van der Waals surface area (Å²) in [6, 6.07) is 0. The fraction of sp³-hybridized carbons (Fsp3) is 0.875. The molecule has 0 heterocycles. The lowest BCUT2D eigenvalue weighted by Crippen LogP contribution is -2.19. The molecule has 0 amide bonds. The SMILES string of the molecule is O[C@H]1[C@@H]2C[C@H]3C[C@@H]2/C(=C2/[C@H]4[C@@H]5C[C@H]([C@@H]4O)[C@H]2C5)[C@H]31. The van der Waals surface area contributed by atoms with Gasteiger partial charge in [-0.3, -0.25) is 0 Å². The summed E-state index contributed by atoms with van der Waals surface area (Å²) >= 11 is 0. The second kappa shape index (κ2) is 2.60. The molecule has 0 saturated heterocycles. The highest BCUT2D eigenvalue weighted by Crippen LogP contribution is 2.73. The highest BCUT2D eigenvalue weighted by atomic mass is 16.3. The molecule has 0 aromatic heterocycles. The van der Waals surface area contributed by atoms with E-state index in [4.69, 9.17) is 0 Å². The average molecular weight is 244 g/mol. The second-order valence-corrected chi connectivity index (χ2v) is 7.95. The Morgan fingerprint density at radius 1 is 0.667 bits per heavy atom. The number of hydrogen-bond donors (Lipinski definition) is 2. The summed E-state index contributed by atoms with van der Waals surface area (Å²) < 4.78 is 0. The Morgan fingerprint density at radius 2 is 1.11 bits per heavy atom. The average Bonchev–Trinajstić information content (AvgIpc) is 3.13. The minimum absolute atomic E-state index is 0.0234. The molecular formula is C16H20O2. The lowest BCUT2D eigenvalue weighted by molar-refractivity contribution is 0.102. The van der Waals surface area contributed by atoms with Gasteiger partial charge >= 0.3 is 0 Å². The fourth-order valence-electron chi connectivity index (χ4n) is 7.55. The molecular weight excluding hydrogens is 224 g/mol. The molecule has 0 aromatic rings. The van der Waals surface area contributed by atoms with Crippen molar-refractivity contribution in [1.82, 2.24) is 0 Å². The molecule has 8 aliphatic rings. The minimum Gasteiger partial charge on any atom is -0.392 e. The van der Waals surface area contributed by atoms with Crippen LogP contribution in [0.1, 0.15) is 25.7 Å². The summed E-state index contributed by atoms with van der Waals surface area (Å²) in [7, 11) is 0. The van der Waals surface area contributed by atoms with E-state index in [1.165, 1.54) is 25.7 Å². The van der Waals surface area contributed by atoms with Crippen LogP contribution < -0.4 is 0 Å². The Morgan fingerprint density at radius 3 is 1.39 bits per heavy atom. The molecule has 2 heteroatoms. The molecule has 0 spiro atoms. The van der Waals surface area contributed by atoms with E-state index < -0.39 is 0 Å². The third kappa shape index (κ3) is 0.735. The molecule has 8 rings (SSSR count). The first-order valence-electron chi connectivity index (χ1n) is 7.85. The highest BCUT2D eigenvalue weighted by molar-refractivity contribution is 5.44. The number of aliphatic hydroxyl groups excluding tert-OH is 2. The number of hydrogen-bond acceptors (Lipinski definition) is 2. The Balaban J connectivity index is 1.56. The summed E-state index contributed by atoms with van der Waals surface area (Å²) in [6.45, 7) is 0. The third-order valence-electron chi connectivity index (χ3n) is 7.78. The van der Waals surface area contributed by atoms with Gasteiger partial charge in [-0.05, 0) is 61.2 Å². The van der Waals surface area contributed by atoms with Gasteiger partial charge in [-0.1, -0.05) is 11.1 Å². The summed E-state index contributed by atoms with van der Waals surface area (Å²) in [5, 5.41) is 20.8. The summed E-state index contributed by atoms with van der Waals surface area (Å²) in [5.74, 6) is 5.25. The highest BCUT2D eigenvalue weighted by Gasteiger charge is 2.68. The first-order valence-corrected chi connectivity index (χ1v) is 7.85. The molecule has 2 nitrogen and oxygen atoms in total. The zero-order valence-corrected chi connectivity index (χ0v) is 10.5. The van der Waals surface area contributed by atoms with Gasteiger partial charge in [0.15, 0.2) is 0 Å². The van der Waals surface area contributed by atoms with Crippen molar-refractivity contribution in [2.24, 2.45) is 47.3 Å². The van der Waals surface area contributed by atoms with Crippen molar-refractivity contribution in [1.29, 1.82) is 0 Å². The topological polar surface area (TPSA) is 40.5 Å². The predicted octanol–water partition coefficient (Wildman–Crippen LogP) is 1.58. The molecule has 0 radical (unpaired) electrons. The second-order valence-electron chi connectivity index (χ2n) is 7.95. The normalized spacial score (nSPS) is 73.7. The molecule has 10 atom stereocenters. The summed E-state index contributed by atoms with van der Waals surface area (Å²) in [6.07, 6.45) is 5.25. The van der Waals surface area contributed by atoms with Crippen molar-refractivity contribution in [3.05, 3.63) is 11.1 Å². The molecule has 8 saturated carbocycles. The maximum absolute atomic E-state index is 10.4. The van der Waals surface area contributed by atoms with Gasteiger partial charge in [0, 0.05) is 11.8 Å². The lowest BCUT2D eigenvalue weighted by atomic mass is 9.83. The molecule has 0 unspecified atom stereocenters. The fourth-order valence-corrected chi connectivity index (χ4v) is 7.55. The first kappa shape index (κ1) is 9.55. The zero-order chi connectivity index (χ0) is 11.8. The van der Waals surface area contributed by atoms with Crippen LogP contribution in [0.2, 0.25) is 0 Å². The van der Waals surface area contributed by atoms with Crippen molar-refractivity contribution >= 4 is 0 Å². The van der Waals surface area contributed by atoms with Gasteiger partial charge in [-0.25, -0.2) is 0 Å². The van der Waals surface area contributed by atoms with Crippen LogP contribution in [0.15, 0.2) is 11.1 Å². The largest absolute Gasteiger partial charge is 0.392 e. The van der Waals surface area contributed by atoms with E-state index in [1.54, 1.807) is 11.1 Å². The standard InChI is InChI=1S/C16H20O2/c17-15-9-3-5-1-7(9)13(11(5)15)14-8-2-6-4-10(8)16(18)12(6)14/h5-12,15-18H,1-4H2/b14-13-/t5-,6+,7+,8-,9-,10+,11+,12-,15-,16-/m0/s1. The van der Waals surface area contributed by atoms with E-state index in [2.05, 4.69) is 0 Å². The molecule has 2 N–H and O–H groups in total. The summed E-state index contributed by atoms with van der Waals surface area (Å²) in [5.41, 5.74) is 3.37. The smallest absolute Gasteiger partial charge is 0.0642 e. The van der Waals surface area contributed by atoms with Gasteiger partial charge in [0.05, 0.1) is 12.2 Å². The van der Waals surface area contributed by atoms with Gasteiger partial charge in [-0.2, -0.15) is 0 Å². The first-order chi connectivity index (χ1) is 8.75. The van der Waals surface area contributed by atoms with Gasteiger partial charge in [0.25, 0.3) is 0 Å². The number of aliphatic hydroxyl groups is 2. The van der Waals surface area contributed by atoms with Crippen molar-refractivity contribution in [2.45, 2.75) is 37.9 Å². The van der Waals surface area contributed by atoms with Crippen LogP contribution in [0.5, 0.6) is 0 Å². The van der Waals surface area contributed by atoms with E-state index in [0.29, 0.717) is 23.7 Å². The lowest BCUT2D eigenvalue weighted by Gasteiger charge is -2.21. The zero-order valence-electron chi connectivity index (χ0n) is 10.5. The van der Waals surface area contributed by atoms with Crippen LogP contribution in [0.4, 0.5) is 0 Å². The van der Waals surface area contributed by atoms with E-state index >= 15 is 0 Å². The van der Waals surface area contributed by atoms with Crippen LogP contribution in [0.3, 0.4) is 0 Å². The molecule has 18 heavy (non-hydrogen) atoms. The van der Waals surface area contributed by atoms with Crippen molar-refractivity contribution in [3.8, 4) is 0 Å². The van der Waals surface area contributed by atoms with Crippen LogP contribution in [-0.2, 0) is 0 Å². The van der Waals surface area contributed by atoms with E-state index in [-0.39, 0.29) is 12.2 Å². The maximum Gasteiger partial charge on any atom is 0.0642 e. The Labute approximate surface area is 107 Å². The minimum atomic E-state index is -0.0234. The Kier molecular flexibility index (Phi) is 1.38. The van der Waals surface area contributed by atoms with E-state index in [0.717, 1.165) is 23.7 Å². The number of rotatable bonds is 0. The Hall–Kier alpha value is -0.340.